The van der Waals surface area contributed by atoms with E-state index in [4.69, 9.17) is 4.74 Å². The summed E-state index contributed by atoms with van der Waals surface area (Å²) < 4.78 is 6.67. The van der Waals surface area contributed by atoms with Crippen LogP contribution < -0.4 is 10.1 Å². The van der Waals surface area contributed by atoms with Crippen LogP contribution >= 0.6 is 15.9 Å². The molecule has 2 atom stereocenters. The second-order valence-electron chi connectivity index (χ2n) is 7.32. The van der Waals surface area contributed by atoms with Gasteiger partial charge in [0.2, 0.25) is 0 Å². The zero-order valence-electron chi connectivity index (χ0n) is 15.5. The van der Waals surface area contributed by atoms with Crippen LogP contribution in [-0.2, 0) is 10.2 Å². The zero-order chi connectivity index (χ0) is 18.6. The number of carbonyl (C=O) groups is 1. The largest absolute Gasteiger partial charge is 0.481 e. The Morgan fingerprint density at radius 1 is 1.00 bits per heavy atom. The van der Waals surface area contributed by atoms with Gasteiger partial charge in [-0.1, -0.05) is 61.0 Å². The molecule has 4 heteroatoms. The topological polar surface area (TPSA) is 38.3 Å². The van der Waals surface area contributed by atoms with E-state index in [1.165, 1.54) is 5.56 Å². The lowest BCUT2D eigenvalue weighted by atomic mass is 9.86. The fourth-order valence-corrected chi connectivity index (χ4v) is 2.72. The lowest BCUT2D eigenvalue weighted by Crippen LogP contribution is -2.37. The summed E-state index contributed by atoms with van der Waals surface area (Å²) in [6.07, 6.45) is -0.558. The maximum absolute atomic E-state index is 12.4. The van der Waals surface area contributed by atoms with Crippen LogP contribution in [0.5, 0.6) is 5.75 Å². The number of carbonyl (C=O) groups excluding carboxylic acids is 1. The highest BCUT2D eigenvalue weighted by Gasteiger charge is 2.19. The van der Waals surface area contributed by atoms with Crippen LogP contribution in [-0.4, -0.2) is 12.0 Å². The van der Waals surface area contributed by atoms with Crippen LogP contribution in [0.4, 0.5) is 0 Å². The highest BCUT2D eigenvalue weighted by Crippen LogP contribution is 2.24. The lowest BCUT2D eigenvalue weighted by Gasteiger charge is -2.22. The van der Waals surface area contributed by atoms with E-state index in [1.54, 1.807) is 6.92 Å². The molecule has 0 radical (unpaired) electrons. The minimum atomic E-state index is -0.558. The summed E-state index contributed by atoms with van der Waals surface area (Å²) in [5.74, 6) is 0.545. The van der Waals surface area contributed by atoms with Crippen LogP contribution in [0.25, 0.3) is 0 Å². The molecule has 2 aromatic rings. The van der Waals surface area contributed by atoms with Gasteiger partial charge in [0.1, 0.15) is 5.75 Å². The van der Waals surface area contributed by atoms with Crippen molar-refractivity contribution in [3.05, 3.63) is 64.1 Å². The molecule has 0 aromatic heterocycles. The second-order valence-corrected chi connectivity index (χ2v) is 8.23. The Hall–Kier alpha value is -1.81. The smallest absolute Gasteiger partial charge is 0.261 e. The quantitative estimate of drug-likeness (QED) is 0.726. The number of hydrogen-bond donors (Lipinski definition) is 1. The third-order valence-corrected chi connectivity index (χ3v) is 4.66. The number of benzene rings is 2. The van der Waals surface area contributed by atoms with E-state index in [2.05, 4.69) is 66.3 Å². The molecule has 0 aliphatic rings. The van der Waals surface area contributed by atoms with Gasteiger partial charge in [-0.2, -0.15) is 0 Å². The molecule has 1 N–H and O–H groups in total. The molecule has 2 rings (SSSR count). The Kier molecular flexibility index (Phi) is 6.28. The summed E-state index contributed by atoms with van der Waals surface area (Å²) in [5, 5.41) is 3.01. The number of hydrogen-bond acceptors (Lipinski definition) is 2. The highest BCUT2D eigenvalue weighted by molar-refractivity contribution is 9.10. The van der Waals surface area contributed by atoms with E-state index in [0.717, 1.165) is 10.0 Å². The van der Waals surface area contributed by atoms with E-state index in [-0.39, 0.29) is 17.4 Å². The molecule has 0 spiro atoms. The van der Waals surface area contributed by atoms with Crippen molar-refractivity contribution >= 4 is 21.8 Å². The maximum Gasteiger partial charge on any atom is 0.261 e. The first kappa shape index (κ1) is 19.5. The second kappa shape index (κ2) is 8.05. The molecule has 25 heavy (non-hydrogen) atoms. The molecule has 1 amide bonds. The van der Waals surface area contributed by atoms with Crippen molar-refractivity contribution < 1.29 is 9.53 Å². The van der Waals surface area contributed by atoms with Crippen LogP contribution in [0.15, 0.2) is 53.0 Å². The van der Waals surface area contributed by atoms with Crippen LogP contribution in [0.1, 0.15) is 51.8 Å². The number of halogens is 1. The van der Waals surface area contributed by atoms with Crippen molar-refractivity contribution in [3.63, 3.8) is 0 Å². The molecule has 2 aromatic carbocycles. The normalized spacial score (nSPS) is 13.8. The molecular weight excluding hydrogens is 378 g/mol. The molecule has 0 bridgehead atoms. The number of amides is 1. The predicted molar refractivity (Wildman–Crippen MR) is 106 cm³/mol. The van der Waals surface area contributed by atoms with Gasteiger partial charge in [-0.15, -0.1) is 0 Å². The molecule has 0 aliphatic heterocycles. The van der Waals surface area contributed by atoms with Crippen LogP contribution in [0, 0.1) is 0 Å². The standard InChI is InChI=1S/C21H26BrNO2/c1-14(16-6-8-17(9-7-16)21(3,4)5)23-20(24)15(2)25-19-12-10-18(22)11-13-19/h6-15H,1-5H3,(H,23,24)/t14-,15+/m1/s1. The number of ether oxygens (including phenoxy) is 1. The van der Waals surface area contributed by atoms with Crippen molar-refractivity contribution in [2.75, 3.05) is 0 Å². The first-order chi connectivity index (χ1) is 11.7. The molecule has 134 valence electrons. The SMILES string of the molecule is C[C@H](Oc1ccc(Br)cc1)C(=O)N[C@H](C)c1ccc(C(C)(C)C)cc1. The first-order valence-electron chi connectivity index (χ1n) is 8.50. The maximum atomic E-state index is 12.4. The predicted octanol–water partition coefficient (Wildman–Crippen LogP) is 5.39. The van der Waals surface area contributed by atoms with Gasteiger partial charge in [-0.25, -0.2) is 0 Å². The van der Waals surface area contributed by atoms with Gasteiger partial charge in [0.15, 0.2) is 6.10 Å². The van der Waals surface area contributed by atoms with Gasteiger partial charge in [0.05, 0.1) is 6.04 Å². The Balaban J connectivity index is 1.95. The Bertz CT molecular complexity index is 702. The Labute approximate surface area is 158 Å². The summed E-state index contributed by atoms with van der Waals surface area (Å²) in [7, 11) is 0. The summed E-state index contributed by atoms with van der Waals surface area (Å²) in [6, 6.07) is 15.8. The van der Waals surface area contributed by atoms with E-state index in [9.17, 15) is 4.79 Å². The summed E-state index contributed by atoms with van der Waals surface area (Å²) in [5.41, 5.74) is 2.48. The third kappa shape index (κ3) is 5.60. The van der Waals surface area contributed by atoms with E-state index in [0.29, 0.717) is 5.75 Å². The van der Waals surface area contributed by atoms with E-state index < -0.39 is 6.10 Å². The van der Waals surface area contributed by atoms with Crippen LogP contribution in [0.3, 0.4) is 0 Å². The molecule has 0 aliphatic carbocycles. The fraction of sp³-hybridized carbons (Fsp3) is 0.381. The van der Waals surface area contributed by atoms with Crippen molar-refractivity contribution in [2.24, 2.45) is 0 Å². The van der Waals surface area contributed by atoms with Crippen molar-refractivity contribution in [3.8, 4) is 5.75 Å². The Morgan fingerprint density at radius 2 is 1.56 bits per heavy atom. The number of nitrogens with one attached hydrogen (secondary N) is 1. The van der Waals surface area contributed by atoms with Crippen molar-refractivity contribution in [1.82, 2.24) is 5.32 Å². The van der Waals surface area contributed by atoms with Crippen molar-refractivity contribution in [1.29, 1.82) is 0 Å². The Morgan fingerprint density at radius 3 is 2.08 bits per heavy atom. The molecule has 0 saturated heterocycles. The molecular formula is C21H26BrNO2. The van der Waals surface area contributed by atoms with Gasteiger partial charge in [0, 0.05) is 4.47 Å². The van der Waals surface area contributed by atoms with Gasteiger partial charge < -0.3 is 10.1 Å². The summed E-state index contributed by atoms with van der Waals surface area (Å²) in [6.45, 7) is 10.3. The van der Waals surface area contributed by atoms with E-state index in [1.807, 2.05) is 31.2 Å². The van der Waals surface area contributed by atoms with Gasteiger partial charge in [0.25, 0.3) is 5.91 Å². The molecule has 0 fully saturated rings. The minimum Gasteiger partial charge on any atom is -0.481 e. The molecule has 0 heterocycles. The average Bonchev–Trinajstić information content (AvgIpc) is 2.56. The van der Waals surface area contributed by atoms with Gasteiger partial charge in [-0.05, 0) is 54.7 Å². The molecule has 0 saturated carbocycles. The number of rotatable bonds is 5. The van der Waals surface area contributed by atoms with E-state index >= 15 is 0 Å². The fourth-order valence-electron chi connectivity index (χ4n) is 2.46. The lowest BCUT2D eigenvalue weighted by molar-refractivity contribution is -0.127. The van der Waals surface area contributed by atoms with Crippen LogP contribution in [0.2, 0.25) is 0 Å². The summed E-state index contributed by atoms with van der Waals surface area (Å²) in [4.78, 5) is 12.4. The zero-order valence-corrected chi connectivity index (χ0v) is 17.1. The third-order valence-electron chi connectivity index (χ3n) is 4.13. The molecule has 0 unspecified atom stereocenters. The van der Waals surface area contributed by atoms with Gasteiger partial charge in [-0.3, -0.25) is 4.79 Å². The first-order valence-corrected chi connectivity index (χ1v) is 9.29. The minimum absolute atomic E-state index is 0.0718. The van der Waals surface area contributed by atoms with Gasteiger partial charge >= 0.3 is 0 Å². The van der Waals surface area contributed by atoms with Crippen molar-refractivity contribution in [2.45, 2.75) is 52.2 Å². The monoisotopic (exact) mass is 403 g/mol. The highest BCUT2D eigenvalue weighted by atomic mass is 79.9. The molecule has 3 nitrogen and oxygen atoms in total. The average molecular weight is 404 g/mol. The summed E-state index contributed by atoms with van der Waals surface area (Å²) >= 11 is 3.38.